The molecular weight excluding hydrogens is 475 g/mol. The standard InChI is InChI=1S/C13H13F3N2O2S.C9H7NO3/c14-13(15,16)10-1-2-11(9(5-10)6-17)21-18-4-3-12(20,7-18)8-19;1-13-9(12)7-4-6(5-10)2-3-8(7)11/h1-2,5,19-20H,3-4,7-8H2;2-4,11H,1H3. The number of nitriles is 2. The average Bonchev–Trinajstić information content (AvgIpc) is 3.20. The molecule has 1 atom stereocenters. The Balaban J connectivity index is 0.000000270. The highest BCUT2D eigenvalue weighted by molar-refractivity contribution is 7.97. The molecule has 0 aromatic heterocycles. The number of phenolic OH excluding ortho intramolecular Hbond substituents is 1. The number of rotatable bonds is 4. The lowest BCUT2D eigenvalue weighted by Crippen LogP contribution is -2.35. The van der Waals surface area contributed by atoms with Gasteiger partial charge in [0.1, 0.15) is 23.0 Å². The van der Waals surface area contributed by atoms with Crippen molar-refractivity contribution in [2.24, 2.45) is 0 Å². The zero-order valence-corrected chi connectivity index (χ0v) is 18.7. The van der Waals surface area contributed by atoms with Gasteiger partial charge in [-0.05, 0) is 54.8 Å². The molecule has 2 aromatic carbocycles. The maximum Gasteiger partial charge on any atom is 0.416 e. The number of nitrogens with zero attached hydrogens (tertiary/aromatic N) is 3. The van der Waals surface area contributed by atoms with Crippen LogP contribution in [0, 0.1) is 22.7 Å². The summed E-state index contributed by atoms with van der Waals surface area (Å²) in [6.45, 7) is 0.301. The summed E-state index contributed by atoms with van der Waals surface area (Å²) in [7, 11) is 1.21. The van der Waals surface area contributed by atoms with Crippen molar-refractivity contribution in [1.82, 2.24) is 4.31 Å². The Bertz CT molecular complexity index is 1130. The minimum atomic E-state index is -4.49. The van der Waals surface area contributed by atoms with Crippen LogP contribution in [0.5, 0.6) is 5.75 Å². The molecule has 0 aliphatic carbocycles. The molecule has 2 aromatic rings. The van der Waals surface area contributed by atoms with Crippen LogP contribution in [0.4, 0.5) is 13.2 Å². The van der Waals surface area contributed by atoms with E-state index in [-0.39, 0.29) is 30.0 Å². The Hall–Kier alpha value is -3.29. The number of β-amino-alcohol motifs (C(OH)–C–C–N with tert-alkyl or cyclic N) is 1. The van der Waals surface area contributed by atoms with E-state index in [1.54, 1.807) is 10.4 Å². The highest BCUT2D eigenvalue weighted by Gasteiger charge is 2.36. The number of aliphatic hydroxyl groups excluding tert-OH is 1. The van der Waals surface area contributed by atoms with E-state index in [2.05, 4.69) is 4.74 Å². The van der Waals surface area contributed by atoms with E-state index in [9.17, 15) is 28.2 Å². The monoisotopic (exact) mass is 495 g/mol. The zero-order chi connectivity index (χ0) is 25.5. The third-order valence-corrected chi connectivity index (χ3v) is 5.90. The van der Waals surface area contributed by atoms with Crippen LogP contribution in [-0.4, -0.2) is 58.0 Å². The minimum Gasteiger partial charge on any atom is -0.507 e. The van der Waals surface area contributed by atoms with Crippen molar-refractivity contribution in [3.05, 3.63) is 58.7 Å². The molecule has 0 bridgehead atoms. The van der Waals surface area contributed by atoms with Crippen LogP contribution < -0.4 is 0 Å². The SMILES string of the molecule is COC(=O)c1cc(C#N)ccc1O.N#Cc1cc(C(F)(F)F)ccc1SN1CCC(O)(CO)C1. The van der Waals surface area contributed by atoms with E-state index < -0.39 is 23.3 Å². The average molecular weight is 495 g/mol. The summed E-state index contributed by atoms with van der Waals surface area (Å²) in [5.74, 6) is -0.847. The largest absolute Gasteiger partial charge is 0.507 e. The first-order valence-corrected chi connectivity index (χ1v) is 10.4. The molecule has 3 rings (SSSR count). The van der Waals surface area contributed by atoms with E-state index in [1.807, 2.05) is 6.07 Å². The molecule has 1 fully saturated rings. The summed E-state index contributed by atoms with van der Waals surface area (Å²) in [4.78, 5) is 11.4. The molecule has 0 radical (unpaired) electrons. The summed E-state index contributed by atoms with van der Waals surface area (Å²) in [5, 5.41) is 45.7. The number of carbonyl (C=O) groups excluding carboxylic acids is 1. The van der Waals surface area contributed by atoms with E-state index in [0.717, 1.165) is 24.1 Å². The molecule has 0 amide bonds. The first kappa shape index (κ1) is 27.0. The van der Waals surface area contributed by atoms with Crippen molar-refractivity contribution >= 4 is 17.9 Å². The number of aromatic hydroxyl groups is 1. The molecule has 1 unspecified atom stereocenters. The van der Waals surface area contributed by atoms with Crippen LogP contribution in [0.2, 0.25) is 0 Å². The Morgan fingerprint density at radius 2 is 1.94 bits per heavy atom. The molecule has 1 aliphatic heterocycles. The number of methoxy groups -OCH3 is 1. The molecule has 3 N–H and O–H groups in total. The third-order valence-electron chi connectivity index (χ3n) is 4.78. The molecule has 34 heavy (non-hydrogen) atoms. The fourth-order valence-corrected chi connectivity index (χ4v) is 4.02. The summed E-state index contributed by atoms with van der Waals surface area (Å²) >= 11 is 1.11. The van der Waals surface area contributed by atoms with Gasteiger partial charge in [-0.15, -0.1) is 0 Å². The summed E-state index contributed by atoms with van der Waals surface area (Å²) in [6, 6.07) is 10.6. The highest BCUT2D eigenvalue weighted by atomic mass is 32.2. The molecule has 12 heteroatoms. The number of phenols is 1. The van der Waals surface area contributed by atoms with Crippen LogP contribution in [0.3, 0.4) is 0 Å². The summed E-state index contributed by atoms with van der Waals surface area (Å²) < 4.78 is 43.9. The highest BCUT2D eigenvalue weighted by Crippen LogP contribution is 2.36. The second kappa shape index (κ2) is 11.2. The van der Waals surface area contributed by atoms with Crippen molar-refractivity contribution < 1.29 is 38.0 Å². The molecule has 0 spiro atoms. The van der Waals surface area contributed by atoms with E-state index in [1.165, 1.54) is 31.4 Å². The van der Waals surface area contributed by atoms with Gasteiger partial charge in [0.25, 0.3) is 0 Å². The van der Waals surface area contributed by atoms with Gasteiger partial charge in [-0.25, -0.2) is 9.10 Å². The van der Waals surface area contributed by atoms with Crippen molar-refractivity contribution in [3.8, 4) is 17.9 Å². The molecule has 1 heterocycles. The molecule has 1 aliphatic rings. The molecule has 8 nitrogen and oxygen atoms in total. The Morgan fingerprint density at radius 1 is 1.24 bits per heavy atom. The number of hydrogen-bond donors (Lipinski definition) is 3. The fourth-order valence-electron chi connectivity index (χ4n) is 2.92. The van der Waals surface area contributed by atoms with E-state index in [0.29, 0.717) is 23.4 Å². The topological polar surface area (TPSA) is 138 Å². The van der Waals surface area contributed by atoms with Gasteiger partial charge in [-0.1, -0.05) is 0 Å². The van der Waals surface area contributed by atoms with Crippen LogP contribution in [0.15, 0.2) is 41.3 Å². The lowest BCUT2D eigenvalue weighted by atomic mass is 10.1. The van der Waals surface area contributed by atoms with Gasteiger partial charge >= 0.3 is 12.1 Å². The number of carbonyl (C=O) groups is 1. The maximum absolute atomic E-state index is 12.6. The second-order valence-corrected chi connectivity index (χ2v) is 8.38. The van der Waals surface area contributed by atoms with Crippen molar-refractivity contribution in [2.75, 3.05) is 26.8 Å². The van der Waals surface area contributed by atoms with Gasteiger partial charge in [0.2, 0.25) is 0 Å². The van der Waals surface area contributed by atoms with Gasteiger partial charge < -0.3 is 20.1 Å². The van der Waals surface area contributed by atoms with Gasteiger partial charge in [-0.3, -0.25) is 0 Å². The van der Waals surface area contributed by atoms with Crippen LogP contribution in [0.25, 0.3) is 0 Å². The normalized spacial score (nSPS) is 17.8. The second-order valence-electron chi connectivity index (χ2n) is 7.24. The number of halogens is 3. The van der Waals surface area contributed by atoms with Gasteiger partial charge in [0.05, 0.1) is 36.5 Å². The third kappa shape index (κ3) is 6.85. The van der Waals surface area contributed by atoms with E-state index in [4.69, 9.17) is 15.6 Å². The number of esters is 1. The summed E-state index contributed by atoms with van der Waals surface area (Å²) in [6.07, 6.45) is -4.11. The predicted molar refractivity (Wildman–Crippen MR) is 114 cm³/mol. The maximum atomic E-state index is 12.6. The Morgan fingerprint density at radius 3 is 2.47 bits per heavy atom. The first-order valence-electron chi connectivity index (χ1n) is 9.65. The number of hydrogen-bond acceptors (Lipinski definition) is 9. The van der Waals surface area contributed by atoms with Gasteiger partial charge in [0.15, 0.2) is 0 Å². The predicted octanol–water partition coefficient (Wildman–Crippen LogP) is 3.06. The summed E-state index contributed by atoms with van der Waals surface area (Å²) in [5.41, 5.74) is -1.81. The smallest absolute Gasteiger partial charge is 0.416 e. The Kier molecular flexibility index (Phi) is 8.90. The molecule has 1 saturated heterocycles. The zero-order valence-electron chi connectivity index (χ0n) is 17.8. The first-order chi connectivity index (χ1) is 16.0. The van der Waals surface area contributed by atoms with Crippen LogP contribution in [0.1, 0.15) is 33.5 Å². The number of ether oxygens (including phenoxy) is 1. The van der Waals surface area contributed by atoms with Crippen molar-refractivity contribution in [1.29, 1.82) is 10.5 Å². The lowest BCUT2D eigenvalue weighted by Gasteiger charge is -2.20. The van der Waals surface area contributed by atoms with Gasteiger partial charge in [0, 0.05) is 18.0 Å². The molecule has 180 valence electrons. The minimum absolute atomic E-state index is 0.00144. The fraction of sp³-hybridized carbons (Fsp3) is 0.318. The Labute approximate surface area is 197 Å². The van der Waals surface area contributed by atoms with Gasteiger partial charge in [-0.2, -0.15) is 23.7 Å². The molecular formula is C22H20F3N3O5S. The number of benzene rings is 2. The van der Waals surface area contributed by atoms with Crippen molar-refractivity contribution in [2.45, 2.75) is 23.1 Å². The quantitative estimate of drug-likeness (QED) is 0.432. The molecule has 0 saturated carbocycles. The number of aliphatic hydroxyl groups is 2. The van der Waals surface area contributed by atoms with Crippen LogP contribution in [-0.2, 0) is 10.9 Å². The van der Waals surface area contributed by atoms with Crippen LogP contribution >= 0.6 is 11.9 Å². The van der Waals surface area contributed by atoms with E-state index >= 15 is 0 Å². The lowest BCUT2D eigenvalue weighted by molar-refractivity contribution is -0.137. The number of alkyl halides is 3. The van der Waals surface area contributed by atoms with Crippen molar-refractivity contribution in [3.63, 3.8) is 0 Å².